The Morgan fingerprint density at radius 1 is 1.23 bits per heavy atom. The maximum Gasteiger partial charge on any atom is 0.433 e. The first-order chi connectivity index (χ1) is 16.3. The van der Waals surface area contributed by atoms with Crippen LogP contribution in [-0.2, 0) is 18.0 Å². The van der Waals surface area contributed by atoms with E-state index in [9.17, 15) is 32.3 Å². The second-order valence-electron chi connectivity index (χ2n) is 9.06. The number of alkyl halides is 3. The minimum atomic E-state index is -4.65. The number of fused-ring (bicyclic) bond motifs is 3. The van der Waals surface area contributed by atoms with Gasteiger partial charge in [-0.2, -0.15) is 18.3 Å². The number of benzene rings is 1. The highest BCUT2D eigenvalue weighted by atomic mass is 35.5. The van der Waals surface area contributed by atoms with Crippen molar-refractivity contribution in [2.24, 2.45) is 7.05 Å². The number of rotatable bonds is 6. The summed E-state index contributed by atoms with van der Waals surface area (Å²) in [5.74, 6) is -1.83. The normalized spacial score (nSPS) is 25.9. The van der Waals surface area contributed by atoms with E-state index >= 15 is 0 Å². The number of hydrogen-bond donors (Lipinski definition) is 3. The number of aryl methyl sites for hydroxylation is 1. The van der Waals surface area contributed by atoms with Crippen molar-refractivity contribution in [1.29, 1.82) is 0 Å². The van der Waals surface area contributed by atoms with Gasteiger partial charge in [0, 0.05) is 24.7 Å². The molecule has 1 atom stereocenters. The maximum atomic E-state index is 13.5. The summed E-state index contributed by atoms with van der Waals surface area (Å²) in [4.78, 5) is 25.1. The quantitative estimate of drug-likeness (QED) is 0.510. The van der Waals surface area contributed by atoms with E-state index in [0.29, 0.717) is 36.4 Å². The first-order valence-electron chi connectivity index (χ1n) is 10.8. The van der Waals surface area contributed by atoms with Crippen LogP contribution in [0.4, 0.5) is 17.6 Å². The lowest BCUT2D eigenvalue weighted by atomic mass is 9.60. The van der Waals surface area contributed by atoms with Crippen molar-refractivity contribution < 1.29 is 37.0 Å². The molecule has 3 N–H and O–H groups in total. The fourth-order valence-electron chi connectivity index (χ4n) is 4.84. The van der Waals surface area contributed by atoms with E-state index < -0.39 is 53.3 Å². The standard InChI is InChI=1S/C22H23ClF4N4O4/c1-31-16(22(25,26)27)9-15(30-31)19(34)29-20-4-6-21(7-5-20,17(32)10-20)28-18(33)11-35-12-2-3-13(23)14(24)8-12/h2-3,8-9,17,32H,4-7,10-11H2,1H3,(H,28,33)(H,29,34). The summed E-state index contributed by atoms with van der Waals surface area (Å²) in [6.45, 7) is -0.404. The molecule has 1 aromatic heterocycles. The fourth-order valence-corrected chi connectivity index (χ4v) is 4.96. The highest BCUT2D eigenvalue weighted by Gasteiger charge is 2.55. The summed E-state index contributed by atoms with van der Waals surface area (Å²) in [6.07, 6.45) is -4.06. The monoisotopic (exact) mass is 518 g/mol. The molecule has 13 heteroatoms. The Hall–Kier alpha value is -2.86. The highest BCUT2D eigenvalue weighted by molar-refractivity contribution is 6.30. The lowest BCUT2D eigenvalue weighted by molar-refractivity contribution is -0.143. The van der Waals surface area contributed by atoms with Crippen LogP contribution in [0.15, 0.2) is 24.3 Å². The van der Waals surface area contributed by atoms with Gasteiger partial charge < -0.3 is 20.5 Å². The number of ether oxygens (including phenoxy) is 1. The molecule has 0 aliphatic heterocycles. The van der Waals surface area contributed by atoms with Crippen LogP contribution in [0, 0.1) is 5.82 Å². The summed E-state index contributed by atoms with van der Waals surface area (Å²) in [7, 11) is 1.10. The zero-order valence-electron chi connectivity index (χ0n) is 18.6. The average molecular weight is 519 g/mol. The molecule has 0 saturated heterocycles. The van der Waals surface area contributed by atoms with Gasteiger partial charge >= 0.3 is 6.18 Å². The molecule has 35 heavy (non-hydrogen) atoms. The van der Waals surface area contributed by atoms with Crippen LogP contribution in [0.25, 0.3) is 0 Å². The first-order valence-corrected chi connectivity index (χ1v) is 11.2. The third kappa shape index (κ3) is 5.08. The molecule has 3 aliphatic rings. The summed E-state index contributed by atoms with van der Waals surface area (Å²) in [5.41, 5.74) is -3.16. The van der Waals surface area contributed by atoms with Gasteiger partial charge in [0.15, 0.2) is 12.3 Å². The van der Waals surface area contributed by atoms with Gasteiger partial charge in [-0.1, -0.05) is 11.6 Å². The maximum absolute atomic E-state index is 13.5. The second kappa shape index (κ2) is 8.98. The van der Waals surface area contributed by atoms with E-state index in [4.69, 9.17) is 16.3 Å². The van der Waals surface area contributed by atoms with E-state index in [2.05, 4.69) is 15.7 Å². The molecule has 2 aromatic rings. The van der Waals surface area contributed by atoms with Crippen molar-refractivity contribution in [3.63, 3.8) is 0 Å². The smallest absolute Gasteiger partial charge is 0.433 e. The van der Waals surface area contributed by atoms with Gasteiger partial charge in [0.05, 0.1) is 16.7 Å². The third-order valence-corrected chi connectivity index (χ3v) is 7.06. The SMILES string of the molecule is Cn1nc(C(=O)NC23CCC(NC(=O)COc4ccc(Cl)c(F)c4)(CC2)C(O)C3)cc1C(F)(F)F. The minimum absolute atomic E-state index is 0.0763. The van der Waals surface area contributed by atoms with Gasteiger partial charge in [0.2, 0.25) is 0 Å². The Bertz CT molecular complexity index is 1140. The fraction of sp³-hybridized carbons (Fsp3) is 0.500. The van der Waals surface area contributed by atoms with Crippen molar-refractivity contribution in [2.75, 3.05) is 6.61 Å². The Morgan fingerprint density at radius 2 is 1.91 bits per heavy atom. The molecular weight excluding hydrogens is 496 g/mol. The van der Waals surface area contributed by atoms with Crippen molar-refractivity contribution in [2.45, 2.75) is 55.5 Å². The van der Waals surface area contributed by atoms with Gasteiger partial charge in [-0.25, -0.2) is 4.39 Å². The molecule has 3 saturated carbocycles. The molecule has 3 fully saturated rings. The van der Waals surface area contributed by atoms with Crippen LogP contribution in [0.1, 0.15) is 48.3 Å². The number of carbonyl (C=O) groups is 2. The lowest BCUT2D eigenvalue weighted by Crippen LogP contribution is -2.70. The summed E-state index contributed by atoms with van der Waals surface area (Å²) in [6, 6.07) is 4.46. The molecular formula is C22H23ClF4N4O4. The number of aliphatic hydroxyl groups is 1. The van der Waals surface area contributed by atoms with E-state index in [-0.39, 0.29) is 22.9 Å². The van der Waals surface area contributed by atoms with Crippen LogP contribution in [0.3, 0.4) is 0 Å². The van der Waals surface area contributed by atoms with Gasteiger partial charge in [-0.05, 0) is 44.2 Å². The molecule has 0 radical (unpaired) electrons. The molecule has 2 amide bonds. The molecule has 5 rings (SSSR count). The number of amides is 2. The van der Waals surface area contributed by atoms with Gasteiger partial charge in [0.25, 0.3) is 11.8 Å². The second-order valence-corrected chi connectivity index (χ2v) is 9.47. The van der Waals surface area contributed by atoms with Gasteiger partial charge in [0.1, 0.15) is 17.3 Å². The van der Waals surface area contributed by atoms with E-state index in [1.165, 1.54) is 12.1 Å². The largest absolute Gasteiger partial charge is 0.484 e. The molecule has 1 unspecified atom stereocenters. The molecule has 8 nitrogen and oxygen atoms in total. The number of halogens is 5. The highest BCUT2D eigenvalue weighted by Crippen LogP contribution is 2.47. The molecule has 0 spiro atoms. The first kappa shape index (κ1) is 25.2. The number of hydrogen-bond acceptors (Lipinski definition) is 5. The Labute approximate surface area is 202 Å². The van der Waals surface area contributed by atoms with Crippen molar-refractivity contribution in [1.82, 2.24) is 20.4 Å². The minimum Gasteiger partial charge on any atom is -0.484 e. The van der Waals surface area contributed by atoms with Gasteiger partial charge in [-0.3, -0.25) is 14.3 Å². The zero-order valence-corrected chi connectivity index (χ0v) is 19.3. The Morgan fingerprint density at radius 3 is 2.49 bits per heavy atom. The molecule has 2 bridgehead atoms. The summed E-state index contributed by atoms with van der Waals surface area (Å²) in [5, 5.41) is 20.0. The number of carbonyl (C=O) groups excluding carboxylic acids is 2. The Balaban J connectivity index is 1.36. The lowest BCUT2D eigenvalue weighted by Gasteiger charge is -2.56. The molecule has 190 valence electrons. The van der Waals surface area contributed by atoms with Crippen LogP contribution >= 0.6 is 11.6 Å². The number of nitrogens with one attached hydrogen (secondary N) is 2. The van der Waals surface area contributed by atoms with Crippen molar-refractivity contribution in [3.8, 4) is 5.75 Å². The Kier molecular flexibility index (Phi) is 6.47. The summed E-state index contributed by atoms with van der Waals surface area (Å²) < 4.78 is 58.5. The van der Waals surface area contributed by atoms with Crippen LogP contribution in [0.2, 0.25) is 5.02 Å². The molecule has 1 heterocycles. The average Bonchev–Trinajstić information content (AvgIpc) is 3.18. The predicted octanol–water partition coefficient (Wildman–Crippen LogP) is 2.97. The summed E-state index contributed by atoms with van der Waals surface area (Å²) >= 11 is 5.62. The topological polar surface area (TPSA) is 105 Å². The zero-order chi connectivity index (χ0) is 25.6. The number of aromatic nitrogens is 2. The van der Waals surface area contributed by atoms with Crippen molar-refractivity contribution >= 4 is 23.4 Å². The van der Waals surface area contributed by atoms with Crippen LogP contribution in [0.5, 0.6) is 5.75 Å². The van der Waals surface area contributed by atoms with Crippen LogP contribution in [-0.4, -0.2) is 50.5 Å². The van der Waals surface area contributed by atoms with E-state index in [0.717, 1.165) is 13.1 Å². The van der Waals surface area contributed by atoms with E-state index in [1.54, 1.807) is 0 Å². The molecule has 1 aromatic carbocycles. The van der Waals surface area contributed by atoms with Crippen molar-refractivity contribution in [3.05, 3.63) is 46.5 Å². The van der Waals surface area contributed by atoms with Crippen LogP contribution < -0.4 is 15.4 Å². The third-order valence-electron chi connectivity index (χ3n) is 6.75. The number of aliphatic hydroxyl groups excluding tert-OH is 1. The predicted molar refractivity (Wildman–Crippen MR) is 115 cm³/mol. The number of nitrogens with zero attached hydrogens (tertiary/aromatic N) is 2. The van der Waals surface area contributed by atoms with E-state index in [1.807, 2.05) is 0 Å². The van der Waals surface area contributed by atoms with Gasteiger partial charge in [-0.15, -0.1) is 0 Å². The molecule has 3 aliphatic carbocycles.